The number of anilines is 2. The number of hydrogen-bond acceptors (Lipinski definition) is 4. The molecule has 0 amide bonds. The quantitative estimate of drug-likeness (QED) is 0.801. The van der Waals surface area contributed by atoms with Crippen LogP contribution >= 0.6 is 0 Å². The maximum atomic E-state index is 11.8. The summed E-state index contributed by atoms with van der Waals surface area (Å²) in [6, 6.07) is 1.79. The number of aromatic nitrogens is 4. The van der Waals surface area contributed by atoms with E-state index in [0.29, 0.717) is 11.5 Å². The number of nitrogens with one attached hydrogen (secondary N) is 1. The number of aryl methyl sites for hydroxylation is 3. The summed E-state index contributed by atoms with van der Waals surface area (Å²) in [6.07, 6.45) is 3.49. The summed E-state index contributed by atoms with van der Waals surface area (Å²) in [7, 11) is 3.49. The Labute approximate surface area is 92.5 Å². The standard InChI is InChI=1S/C10H13N5O/c1-7-4-8(10(16)14(2)5-7)11-9-6-15(3)13-12-9/h4-6,11H,1-3H3. The molecule has 6 heteroatoms. The van der Waals surface area contributed by atoms with Crippen molar-refractivity contribution in [2.45, 2.75) is 6.92 Å². The molecule has 6 nitrogen and oxygen atoms in total. The van der Waals surface area contributed by atoms with E-state index in [2.05, 4.69) is 15.6 Å². The fourth-order valence-corrected chi connectivity index (χ4v) is 1.51. The van der Waals surface area contributed by atoms with Crippen molar-refractivity contribution in [2.75, 3.05) is 5.32 Å². The Kier molecular flexibility index (Phi) is 2.47. The van der Waals surface area contributed by atoms with Gasteiger partial charge in [-0.15, -0.1) is 5.10 Å². The first-order valence-electron chi connectivity index (χ1n) is 4.87. The largest absolute Gasteiger partial charge is 0.333 e. The summed E-state index contributed by atoms with van der Waals surface area (Å²) in [5, 5.41) is 10.6. The Morgan fingerprint density at radius 1 is 1.31 bits per heavy atom. The average Bonchev–Trinajstić information content (AvgIpc) is 2.60. The van der Waals surface area contributed by atoms with Crippen molar-refractivity contribution in [1.82, 2.24) is 19.6 Å². The highest BCUT2D eigenvalue weighted by Crippen LogP contribution is 2.10. The summed E-state index contributed by atoms with van der Waals surface area (Å²) in [5.41, 5.74) is 1.42. The Balaban J connectivity index is 2.38. The van der Waals surface area contributed by atoms with Gasteiger partial charge in [0.2, 0.25) is 0 Å². The Bertz CT molecular complexity index is 569. The normalized spacial score (nSPS) is 10.4. The van der Waals surface area contributed by atoms with Crippen LogP contribution in [0.25, 0.3) is 0 Å². The minimum absolute atomic E-state index is 0.0868. The molecule has 84 valence electrons. The predicted molar refractivity (Wildman–Crippen MR) is 60.7 cm³/mol. The van der Waals surface area contributed by atoms with Gasteiger partial charge >= 0.3 is 0 Å². The van der Waals surface area contributed by atoms with Gasteiger partial charge in [0.1, 0.15) is 5.69 Å². The van der Waals surface area contributed by atoms with E-state index in [4.69, 9.17) is 0 Å². The van der Waals surface area contributed by atoms with Crippen LogP contribution in [0.1, 0.15) is 5.56 Å². The van der Waals surface area contributed by atoms with Crippen LogP contribution in [0.3, 0.4) is 0 Å². The lowest BCUT2D eigenvalue weighted by molar-refractivity contribution is 0.715. The fourth-order valence-electron chi connectivity index (χ4n) is 1.51. The number of hydrogen-bond donors (Lipinski definition) is 1. The zero-order chi connectivity index (χ0) is 11.7. The fraction of sp³-hybridized carbons (Fsp3) is 0.300. The highest BCUT2D eigenvalue weighted by atomic mass is 16.1. The molecule has 1 N–H and O–H groups in total. The third-order valence-corrected chi connectivity index (χ3v) is 2.19. The summed E-state index contributed by atoms with van der Waals surface area (Å²) >= 11 is 0. The summed E-state index contributed by atoms with van der Waals surface area (Å²) in [6.45, 7) is 1.93. The number of pyridine rings is 1. The number of rotatable bonds is 2. The first-order chi connectivity index (χ1) is 7.56. The van der Waals surface area contributed by atoms with E-state index in [1.807, 2.05) is 6.92 Å². The van der Waals surface area contributed by atoms with Gasteiger partial charge in [-0.2, -0.15) is 0 Å². The smallest absolute Gasteiger partial charge is 0.274 e. The van der Waals surface area contributed by atoms with Gasteiger partial charge in [-0.05, 0) is 18.6 Å². The predicted octanol–water partition coefficient (Wildman–Crippen LogP) is 0.566. The van der Waals surface area contributed by atoms with Crippen LogP contribution in [0.15, 0.2) is 23.3 Å². The highest BCUT2D eigenvalue weighted by molar-refractivity contribution is 5.54. The van der Waals surface area contributed by atoms with Crippen molar-refractivity contribution in [3.63, 3.8) is 0 Å². The van der Waals surface area contributed by atoms with Crippen LogP contribution in [0.5, 0.6) is 0 Å². The molecule has 0 radical (unpaired) electrons. The zero-order valence-electron chi connectivity index (χ0n) is 9.43. The van der Waals surface area contributed by atoms with E-state index in [-0.39, 0.29) is 5.56 Å². The molecule has 0 spiro atoms. The maximum Gasteiger partial charge on any atom is 0.274 e. The van der Waals surface area contributed by atoms with Crippen LogP contribution < -0.4 is 10.9 Å². The molecular weight excluding hydrogens is 206 g/mol. The topological polar surface area (TPSA) is 64.7 Å². The second-order valence-corrected chi connectivity index (χ2v) is 3.75. The molecule has 2 heterocycles. The minimum Gasteiger partial charge on any atom is -0.333 e. The van der Waals surface area contributed by atoms with Crippen LogP contribution in [-0.4, -0.2) is 19.6 Å². The van der Waals surface area contributed by atoms with Crippen LogP contribution in [0, 0.1) is 6.92 Å². The van der Waals surface area contributed by atoms with Gasteiger partial charge in [0, 0.05) is 20.3 Å². The van der Waals surface area contributed by atoms with Gasteiger partial charge < -0.3 is 9.88 Å². The molecule has 0 unspecified atom stereocenters. The zero-order valence-corrected chi connectivity index (χ0v) is 9.43. The summed E-state index contributed by atoms with van der Waals surface area (Å²) in [5.74, 6) is 0.560. The van der Waals surface area contributed by atoms with E-state index in [1.54, 1.807) is 37.2 Å². The Hall–Kier alpha value is -2.11. The van der Waals surface area contributed by atoms with Crippen molar-refractivity contribution in [2.24, 2.45) is 14.1 Å². The van der Waals surface area contributed by atoms with Gasteiger partial charge in [-0.25, -0.2) is 0 Å². The highest BCUT2D eigenvalue weighted by Gasteiger charge is 2.05. The second-order valence-electron chi connectivity index (χ2n) is 3.75. The van der Waals surface area contributed by atoms with Crippen molar-refractivity contribution < 1.29 is 0 Å². The summed E-state index contributed by atoms with van der Waals surface area (Å²) < 4.78 is 3.11. The van der Waals surface area contributed by atoms with Gasteiger partial charge in [0.05, 0.1) is 6.20 Å². The molecule has 0 saturated heterocycles. The van der Waals surface area contributed by atoms with Gasteiger partial charge in [-0.1, -0.05) is 5.21 Å². The third-order valence-electron chi connectivity index (χ3n) is 2.19. The first-order valence-corrected chi connectivity index (χ1v) is 4.87. The van der Waals surface area contributed by atoms with Crippen LogP contribution in [0.2, 0.25) is 0 Å². The lowest BCUT2D eigenvalue weighted by Crippen LogP contribution is -2.19. The van der Waals surface area contributed by atoms with E-state index in [0.717, 1.165) is 5.56 Å². The molecule has 0 aliphatic carbocycles. The molecule has 0 bridgehead atoms. The van der Waals surface area contributed by atoms with Crippen molar-refractivity contribution >= 4 is 11.5 Å². The van der Waals surface area contributed by atoms with Crippen LogP contribution in [-0.2, 0) is 14.1 Å². The van der Waals surface area contributed by atoms with Crippen molar-refractivity contribution in [1.29, 1.82) is 0 Å². The molecule has 0 aromatic carbocycles. The average molecular weight is 219 g/mol. The molecule has 2 aromatic rings. The second kappa shape index (κ2) is 3.80. The number of nitrogens with zero attached hydrogens (tertiary/aromatic N) is 4. The molecule has 0 fully saturated rings. The van der Waals surface area contributed by atoms with Crippen molar-refractivity contribution in [3.8, 4) is 0 Å². The SMILES string of the molecule is Cc1cc(Nc2cn(C)nn2)c(=O)n(C)c1. The van der Waals surface area contributed by atoms with Crippen LogP contribution in [0.4, 0.5) is 11.5 Å². The lowest BCUT2D eigenvalue weighted by atomic mass is 10.3. The van der Waals surface area contributed by atoms with Gasteiger partial charge in [-0.3, -0.25) is 9.48 Å². The molecular formula is C10H13N5O. The Morgan fingerprint density at radius 3 is 2.69 bits per heavy atom. The van der Waals surface area contributed by atoms with E-state index in [9.17, 15) is 4.79 Å². The lowest BCUT2D eigenvalue weighted by Gasteiger charge is -2.05. The maximum absolute atomic E-state index is 11.8. The van der Waals surface area contributed by atoms with Gasteiger partial charge in [0.15, 0.2) is 5.82 Å². The van der Waals surface area contributed by atoms with Crippen molar-refractivity contribution in [3.05, 3.63) is 34.4 Å². The van der Waals surface area contributed by atoms with E-state index < -0.39 is 0 Å². The monoisotopic (exact) mass is 219 g/mol. The minimum atomic E-state index is -0.0868. The molecule has 2 rings (SSSR count). The molecule has 0 aliphatic heterocycles. The van der Waals surface area contributed by atoms with E-state index >= 15 is 0 Å². The van der Waals surface area contributed by atoms with E-state index in [1.165, 1.54) is 4.57 Å². The van der Waals surface area contributed by atoms with Gasteiger partial charge in [0.25, 0.3) is 5.56 Å². The molecule has 16 heavy (non-hydrogen) atoms. The molecule has 0 atom stereocenters. The first kappa shape index (κ1) is 10.4. The molecule has 0 saturated carbocycles. The summed E-state index contributed by atoms with van der Waals surface area (Å²) in [4.78, 5) is 11.8. The molecule has 0 aliphatic rings. The Morgan fingerprint density at radius 2 is 2.06 bits per heavy atom. The molecule has 2 aromatic heterocycles. The third kappa shape index (κ3) is 1.95.